The monoisotopic (exact) mass is 393 g/mol. The Morgan fingerprint density at radius 1 is 1.39 bits per heavy atom. The van der Waals surface area contributed by atoms with Crippen LogP contribution in [-0.4, -0.2) is 30.5 Å². The summed E-state index contributed by atoms with van der Waals surface area (Å²) >= 11 is 5.07. The number of hydrogen-bond acceptors (Lipinski definition) is 3. The molecule has 1 aliphatic rings. The first-order chi connectivity index (χ1) is 11.1. The number of rotatable bonds is 3. The highest BCUT2D eigenvalue weighted by Crippen LogP contribution is 2.27. The van der Waals surface area contributed by atoms with Crippen molar-refractivity contribution in [3.8, 4) is 0 Å². The van der Waals surface area contributed by atoms with Crippen LogP contribution in [0.3, 0.4) is 0 Å². The zero-order chi connectivity index (χ0) is 16.4. The summed E-state index contributed by atoms with van der Waals surface area (Å²) in [6.07, 6.45) is 0.932. The van der Waals surface area contributed by atoms with Crippen molar-refractivity contribution in [3.05, 3.63) is 55.7 Å². The molecule has 1 aromatic heterocycles. The summed E-state index contributed by atoms with van der Waals surface area (Å²) < 4.78 is 6.91. The van der Waals surface area contributed by atoms with Gasteiger partial charge < -0.3 is 9.64 Å². The lowest BCUT2D eigenvalue weighted by Crippen LogP contribution is -2.42. The van der Waals surface area contributed by atoms with Gasteiger partial charge in [-0.15, -0.1) is 11.3 Å². The molecule has 23 heavy (non-hydrogen) atoms. The van der Waals surface area contributed by atoms with Gasteiger partial charge in [0.1, 0.15) is 6.10 Å². The Balaban J connectivity index is 1.74. The third-order valence-corrected chi connectivity index (χ3v) is 6.05. The predicted molar refractivity (Wildman–Crippen MR) is 97.2 cm³/mol. The molecule has 1 unspecified atom stereocenters. The first-order valence-corrected chi connectivity index (χ1v) is 9.45. The molecule has 1 aromatic carbocycles. The Kier molecular flexibility index (Phi) is 5.19. The maximum Gasteiger partial charge on any atom is 0.264 e. The molecule has 1 atom stereocenters. The van der Waals surface area contributed by atoms with Crippen LogP contribution in [0.2, 0.25) is 0 Å². The normalized spacial score (nSPS) is 18.2. The van der Waals surface area contributed by atoms with Crippen molar-refractivity contribution >= 4 is 33.2 Å². The molecule has 5 heteroatoms. The molecule has 122 valence electrons. The van der Waals surface area contributed by atoms with E-state index in [1.165, 1.54) is 10.4 Å². The van der Waals surface area contributed by atoms with E-state index < -0.39 is 0 Å². The van der Waals surface area contributed by atoms with Crippen LogP contribution in [0.15, 0.2) is 34.8 Å². The predicted octanol–water partition coefficient (Wildman–Crippen LogP) is 4.60. The third kappa shape index (κ3) is 3.67. The van der Waals surface area contributed by atoms with Crippen molar-refractivity contribution in [1.29, 1.82) is 0 Å². The molecular formula is C18H20BrNO2S. The molecule has 1 aliphatic heterocycles. The van der Waals surface area contributed by atoms with Crippen molar-refractivity contribution in [2.45, 2.75) is 26.4 Å². The topological polar surface area (TPSA) is 29.5 Å². The third-order valence-electron chi connectivity index (χ3n) is 4.15. The van der Waals surface area contributed by atoms with Gasteiger partial charge in [-0.2, -0.15) is 0 Å². The molecule has 0 saturated carbocycles. The van der Waals surface area contributed by atoms with Gasteiger partial charge in [0.2, 0.25) is 0 Å². The van der Waals surface area contributed by atoms with Crippen molar-refractivity contribution in [2.24, 2.45) is 0 Å². The summed E-state index contributed by atoms with van der Waals surface area (Å²) in [5, 5.41) is 0. The smallest absolute Gasteiger partial charge is 0.264 e. The van der Waals surface area contributed by atoms with Crippen LogP contribution >= 0.6 is 27.3 Å². The van der Waals surface area contributed by atoms with Crippen molar-refractivity contribution in [2.75, 3.05) is 19.7 Å². The minimum Gasteiger partial charge on any atom is -0.370 e. The lowest BCUT2D eigenvalue weighted by atomic mass is 10.1. The van der Waals surface area contributed by atoms with Crippen LogP contribution in [0, 0.1) is 6.92 Å². The fraction of sp³-hybridized carbons (Fsp3) is 0.389. The van der Waals surface area contributed by atoms with Crippen LogP contribution in [0.1, 0.15) is 38.7 Å². The maximum atomic E-state index is 12.8. The number of halogens is 1. The fourth-order valence-electron chi connectivity index (χ4n) is 2.84. The van der Waals surface area contributed by atoms with Gasteiger partial charge in [-0.3, -0.25) is 4.79 Å². The Hall–Kier alpha value is -1.17. The van der Waals surface area contributed by atoms with Crippen molar-refractivity contribution < 1.29 is 9.53 Å². The zero-order valence-electron chi connectivity index (χ0n) is 13.3. The molecular weight excluding hydrogens is 374 g/mol. The molecule has 1 saturated heterocycles. The maximum absolute atomic E-state index is 12.8. The number of carbonyl (C=O) groups is 1. The Morgan fingerprint density at radius 3 is 2.78 bits per heavy atom. The summed E-state index contributed by atoms with van der Waals surface area (Å²) in [6, 6.07) is 10.1. The van der Waals surface area contributed by atoms with Crippen LogP contribution in [0.25, 0.3) is 0 Å². The minimum atomic E-state index is -0.0486. The molecule has 2 heterocycles. The van der Waals surface area contributed by atoms with E-state index >= 15 is 0 Å². The van der Waals surface area contributed by atoms with E-state index in [2.05, 4.69) is 29.8 Å². The quantitative estimate of drug-likeness (QED) is 0.762. The standard InChI is InChI=1S/C18H20BrNO2S/c1-3-16-12(2)10-17(23-16)18(21)20-8-9-22-15(11-20)13-4-6-14(19)7-5-13/h4-7,10,15H,3,8-9,11H2,1-2H3. The molecule has 0 N–H and O–H groups in total. The van der Waals surface area contributed by atoms with Gasteiger partial charge in [0.15, 0.2) is 0 Å². The van der Waals surface area contributed by atoms with E-state index in [4.69, 9.17) is 4.74 Å². The summed E-state index contributed by atoms with van der Waals surface area (Å²) in [6.45, 7) is 6.06. The Morgan fingerprint density at radius 2 is 2.13 bits per heavy atom. The SMILES string of the molecule is CCc1sc(C(=O)N2CCOC(c3ccc(Br)cc3)C2)cc1C. The van der Waals surface area contributed by atoms with Crippen LogP contribution < -0.4 is 0 Å². The van der Waals surface area contributed by atoms with Gasteiger partial charge in [-0.05, 0) is 42.7 Å². The molecule has 0 spiro atoms. The number of morpholine rings is 1. The number of thiophene rings is 1. The highest BCUT2D eigenvalue weighted by molar-refractivity contribution is 9.10. The van der Waals surface area contributed by atoms with Gasteiger partial charge in [-0.1, -0.05) is 35.0 Å². The van der Waals surface area contributed by atoms with Gasteiger partial charge in [0, 0.05) is 15.9 Å². The minimum absolute atomic E-state index is 0.0486. The molecule has 1 amide bonds. The number of carbonyl (C=O) groups excluding carboxylic acids is 1. The Bertz CT molecular complexity index is 696. The van der Waals surface area contributed by atoms with E-state index in [9.17, 15) is 4.79 Å². The summed E-state index contributed by atoms with van der Waals surface area (Å²) in [7, 11) is 0. The van der Waals surface area contributed by atoms with Gasteiger partial charge in [0.25, 0.3) is 5.91 Å². The summed E-state index contributed by atoms with van der Waals surface area (Å²) in [5.41, 5.74) is 2.33. The second-order valence-corrected chi connectivity index (χ2v) is 7.78. The highest BCUT2D eigenvalue weighted by atomic mass is 79.9. The number of ether oxygens (including phenoxy) is 1. The van der Waals surface area contributed by atoms with Crippen molar-refractivity contribution in [3.63, 3.8) is 0 Å². The molecule has 0 aliphatic carbocycles. The number of amides is 1. The van der Waals surface area contributed by atoms with E-state index in [-0.39, 0.29) is 12.0 Å². The largest absolute Gasteiger partial charge is 0.370 e. The molecule has 3 nitrogen and oxygen atoms in total. The fourth-order valence-corrected chi connectivity index (χ4v) is 4.19. The van der Waals surface area contributed by atoms with E-state index in [0.29, 0.717) is 19.7 Å². The van der Waals surface area contributed by atoms with Gasteiger partial charge in [0.05, 0.1) is 18.0 Å². The van der Waals surface area contributed by atoms with Crippen molar-refractivity contribution in [1.82, 2.24) is 4.90 Å². The van der Waals surface area contributed by atoms with Crippen LogP contribution in [0.4, 0.5) is 0 Å². The van der Waals surface area contributed by atoms with Gasteiger partial charge in [-0.25, -0.2) is 0 Å². The van der Waals surface area contributed by atoms with E-state index in [1.54, 1.807) is 11.3 Å². The first kappa shape index (κ1) is 16.7. The lowest BCUT2D eigenvalue weighted by molar-refractivity contribution is -0.0226. The molecule has 1 fully saturated rings. The lowest BCUT2D eigenvalue weighted by Gasteiger charge is -2.33. The molecule has 0 bridgehead atoms. The second kappa shape index (κ2) is 7.16. The van der Waals surface area contributed by atoms with E-state index in [1.807, 2.05) is 35.2 Å². The average molecular weight is 394 g/mol. The number of nitrogens with zero attached hydrogens (tertiary/aromatic N) is 1. The van der Waals surface area contributed by atoms with Crippen LogP contribution in [-0.2, 0) is 11.2 Å². The van der Waals surface area contributed by atoms with Gasteiger partial charge >= 0.3 is 0 Å². The molecule has 0 radical (unpaired) electrons. The van der Waals surface area contributed by atoms with Crippen LogP contribution in [0.5, 0.6) is 0 Å². The number of benzene rings is 1. The highest BCUT2D eigenvalue weighted by Gasteiger charge is 2.27. The van der Waals surface area contributed by atoms with E-state index in [0.717, 1.165) is 21.3 Å². The summed E-state index contributed by atoms with van der Waals surface area (Å²) in [5.74, 6) is 0.128. The number of hydrogen-bond donors (Lipinski definition) is 0. The molecule has 3 rings (SSSR count). The summed E-state index contributed by atoms with van der Waals surface area (Å²) in [4.78, 5) is 16.8. The zero-order valence-corrected chi connectivity index (χ0v) is 15.7. The second-order valence-electron chi connectivity index (χ2n) is 5.73. The average Bonchev–Trinajstić information content (AvgIpc) is 2.96. The number of aryl methyl sites for hydroxylation is 2. The molecule has 2 aromatic rings. The Labute approximate surface area is 149 Å². The first-order valence-electron chi connectivity index (χ1n) is 7.84.